The van der Waals surface area contributed by atoms with Crippen molar-refractivity contribution >= 4 is 50.5 Å². The van der Waals surface area contributed by atoms with Gasteiger partial charge in [-0.15, -0.1) is 0 Å². The molecule has 0 heterocycles. The maximum absolute atomic E-state index is 13.3. The SMILES string of the molecule is COc1ccc(C(=O)Nc2cccc(Cl)c2Cl)cc1CN(c1ccc(F)cc1)S(C)(=O)=O. The van der Waals surface area contributed by atoms with Gasteiger partial charge in [0.25, 0.3) is 5.91 Å². The molecule has 0 radical (unpaired) electrons. The Hall–Kier alpha value is -2.81. The van der Waals surface area contributed by atoms with Crippen LogP contribution < -0.4 is 14.4 Å². The Morgan fingerprint density at radius 1 is 1.09 bits per heavy atom. The number of nitrogens with one attached hydrogen (secondary N) is 1. The van der Waals surface area contributed by atoms with Crippen molar-refractivity contribution in [2.75, 3.05) is 23.0 Å². The van der Waals surface area contributed by atoms with Gasteiger partial charge >= 0.3 is 0 Å². The molecular weight excluding hydrogens is 478 g/mol. The average Bonchev–Trinajstić information content (AvgIpc) is 2.75. The number of ether oxygens (including phenoxy) is 1. The van der Waals surface area contributed by atoms with Gasteiger partial charge in [-0.3, -0.25) is 9.10 Å². The van der Waals surface area contributed by atoms with Crippen molar-refractivity contribution < 1.29 is 22.3 Å². The number of nitrogens with zero attached hydrogens (tertiary/aromatic N) is 1. The van der Waals surface area contributed by atoms with Crippen LogP contribution in [-0.2, 0) is 16.6 Å². The van der Waals surface area contributed by atoms with E-state index in [4.69, 9.17) is 27.9 Å². The van der Waals surface area contributed by atoms with Crippen molar-refractivity contribution in [3.05, 3.63) is 87.7 Å². The largest absolute Gasteiger partial charge is 0.496 e. The molecule has 0 atom stereocenters. The van der Waals surface area contributed by atoms with Gasteiger partial charge in [-0.25, -0.2) is 12.8 Å². The van der Waals surface area contributed by atoms with Gasteiger partial charge in [-0.05, 0) is 54.6 Å². The topological polar surface area (TPSA) is 75.7 Å². The fourth-order valence-electron chi connectivity index (χ4n) is 3.00. The van der Waals surface area contributed by atoms with Crippen LogP contribution in [0.25, 0.3) is 0 Å². The highest BCUT2D eigenvalue weighted by atomic mass is 35.5. The van der Waals surface area contributed by atoms with Crippen LogP contribution in [0.2, 0.25) is 10.0 Å². The van der Waals surface area contributed by atoms with Crippen LogP contribution >= 0.6 is 23.2 Å². The van der Waals surface area contributed by atoms with Crippen molar-refractivity contribution in [2.45, 2.75) is 6.54 Å². The molecule has 3 aromatic carbocycles. The van der Waals surface area contributed by atoms with Crippen LogP contribution in [-0.4, -0.2) is 27.7 Å². The van der Waals surface area contributed by atoms with E-state index in [0.29, 0.717) is 22.0 Å². The molecule has 0 aromatic heterocycles. The monoisotopic (exact) mass is 496 g/mol. The van der Waals surface area contributed by atoms with Crippen LogP contribution in [0.1, 0.15) is 15.9 Å². The molecule has 1 amide bonds. The summed E-state index contributed by atoms with van der Waals surface area (Å²) in [6, 6.07) is 14.5. The van der Waals surface area contributed by atoms with Crippen molar-refractivity contribution in [1.82, 2.24) is 0 Å². The van der Waals surface area contributed by atoms with Crippen molar-refractivity contribution in [1.29, 1.82) is 0 Å². The third-order valence-electron chi connectivity index (χ3n) is 4.57. The number of halogens is 3. The molecule has 0 aliphatic carbocycles. The predicted molar refractivity (Wildman–Crippen MR) is 125 cm³/mol. The Kier molecular flexibility index (Phi) is 7.28. The summed E-state index contributed by atoms with van der Waals surface area (Å²) in [4.78, 5) is 12.8. The Morgan fingerprint density at radius 2 is 1.78 bits per heavy atom. The number of carbonyl (C=O) groups is 1. The molecule has 0 aliphatic heterocycles. The minimum absolute atomic E-state index is 0.132. The molecule has 0 fully saturated rings. The van der Waals surface area contributed by atoms with E-state index in [2.05, 4.69) is 5.32 Å². The molecule has 1 N–H and O–H groups in total. The summed E-state index contributed by atoms with van der Waals surface area (Å²) in [5.41, 5.74) is 1.30. The quantitative estimate of drug-likeness (QED) is 0.477. The normalized spacial score (nSPS) is 11.2. The first kappa shape index (κ1) is 23.8. The second-order valence-electron chi connectivity index (χ2n) is 6.83. The fourth-order valence-corrected chi connectivity index (χ4v) is 4.23. The molecule has 0 bridgehead atoms. The molecule has 3 rings (SSSR count). The first-order valence-electron chi connectivity index (χ1n) is 9.25. The van der Waals surface area contributed by atoms with Crippen molar-refractivity contribution in [2.24, 2.45) is 0 Å². The van der Waals surface area contributed by atoms with Gasteiger partial charge in [-0.1, -0.05) is 29.3 Å². The number of carbonyl (C=O) groups excluding carboxylic acids is 1. The summed E-state index contributed by atoms with van der Waals surface area (Å²) >= 11 is 12.1. The summed E-state index contributed by atoms with van der Waals surface area (Å²) in [5, 5.41) is 3.18. The summed E-state index contributed by atoms with van der Waals surface area (Å²) in [6.45, 7) is -0.132. The predicted octanol–water partition coefficient (Wildman–Crippen LogP) is 5.36. The summed E-state index contributed by atoms with van der Waals surface area (Å²) < 4.78 is 44.6. The van der Waals surface area contributed by atoms with Crippen LogP contribution in [0.15, 0.2) is 60.7 Å². The maximum Gasteiger partial charge on any atom is 0.255 e. The van der Waals surface area contributed by atoms with Gasteiger partial charge in [0, 0.05) is 11.1 Å². The van der Waals surface area contributed by atoms with E-state index in [1.54, 1.807) is 30.3 Å². The highest BCUT2D eigenvalue weighted by Gasteiger charge is 2.21. The van der Waals surface area contributed by atoms with Crippen molar-refractivity contribution in [3.63, 3.8) is 0 Å². The number of benzene rings is 3. The third-order valence-corrected chi connectivity index (χ3v) is 6.53. The average molecular weight is 497 g/mol. The number of rotatable bonds is 7. The zero-order valence-electron chi connectivity index (χ0n) is 17.1. The van der Waals surface area contributed by atoms with Gasteiger partial charge < -0.3 is 10.1 Å². The van der Waals surface area contributed by atoms with Crippen LogP contribution in [0.4, 0.5) is 15.8 Å². The van der Waals surface area contributed by atoms with Gasteiger partial charge in [-0.2, -0.15) is 0 Å². The third kappa shape index (κ3) is 5.51. The highest BCUT2D eigenvalue weighted by molar-refractivity contribution is 7.92. The Morgan fingerprint density at radius 3 is 2.41 bits per heavy atom. The van der Waals surface area contributed by atoms with E-state index in [9.17, 15) is 17.6 Å². The van der Waals surface area contributed by atoms with Gasteiger partial charge in [0.05, 0.1) is 41.3 Å². The lowest BCUT2D eigenvalue weighted by Crippen LogP contribution is -2.29. The lowest BCUT2D eigenvalue weighted by molar-refractivity contribution is 0.102. The number of amides is 1. The van der Waals surface area contributed by atoms with E-state index in [0.717, 1.165) is 10.6 Å². The minimum Gasteiger partial charge on any atom is -0.496 e. The molecule has 6 nitrogen and oxygen atoms in total. The fraction of sp³-hybridized carbons (Fsp3) is 0.136. The molecule has 0 saturated carbocycles. The van der Waals surface area contributed by atoms with Gasteiger partial charge in [0.1, 0.15) is 11.6 Å². The molecule has 32 heavy (non-hydrogen) atoms. The second-order valence-corrected chi connectivity index (χ2v) is 9.52. The smallest absolute Gasteiger partial charge is 0.255 e. The lowest BCUT2D eigenvalue weighted by atomic mass is 10.1. The zero-order chi connectivity index (χ0) is 23.5. The standard InChI is InChI=1S/C22H19Cl2FN2O4S/c1-31-20-11-6-14(22(28)26-19-5-3-4-18(23)21(19)24)12-15(20)13-27(32(2,29)30)17-9-7-16(25)8-10-17/h3-12H,13H2,1-2H3,(H,26,28). The Balaban J connectivity index is 1.95. The molecule has 10 heteroatoms. The summed E-state index contributed by atoms with van der Waals surface area (Å²) in [6.07, 6.45) is 1.04. The number of hydrogen-bond donors (Lipinski definition) is 1. The van der Waals surface area contributed by atoms with Crippen LogP contribution in [0.3, 0.4) is 0 Å². The molecule has 3 aromatic rings. The van der Waals surface area contributed by atoms with Crippen molar-refractivity contribution in [3.8, 4) is 5.75 Å². The minimum atomic E-state index is -3.72. The lowest BCUT2D eigenvalue weighted by Gasteiger charge is -2.24. The van der Waals surface area contributed by atoms with Crippen LogP contribution in [0.5, 0.6) is 5.75 Å². The maximum atomic E-state index is 13.3. The van der Waals surface area contributed by atoms with E-state index >= 15 is 0 Å². The van der Waals surface area contributed by atoms with Gasteiger partial charge in [0.2, 0.25) is 10.0 Å². The van der Waals surface area contributed by atoms with E-state index < -0.39 is 21.7 Å². The summed E-state index contributed by atoms with van der Waals surface area (Å²) in [5.74, 6) is -0.568. The van der Waals surface area contributed by atoms with E-state index in [1.807, 2.05) is 0 Å². The Labute approximate surface area is 195 Å². The molecule has 0 aliphatic rings. The zero-order valence-corrected chi connectivity index (χ0v) is 19.4. The number of methoxy groups -OCH3 is 1. The van der Waals surface area contributed by atoms with Gasteiger partial charge in [0.15, 0.2) is 0 Å². The number of sulfonamides is 1. The molecule has 168 valence electrons. The molecule has 0 unspecified atom stereocenters. The molecular formula is C22H19Cl2FN2O4S. The summed E-state index contributed by atoms with van der Waals surface area (Å²) in [7, 11) is -2.29. The second kappa shape index (κ2) is 9.77. The van der Waals surface area contributed by atoms with Crippen LogP contribution in [0, 0.1) is 5.82 Å². The number of hydrogen-bond acceptors (Lipinski definition) is 4. The van der Waals surface area contributed by atoms with E-state index in [1.165, 1.54) is 37.4 Å². The molecule has 0 spiro atoms. The van der Waals surface area contributed by atoms with E-state index in [-0.39, 0.29) is 22.8 Å². The Bertz CT molecular complexity index is 1250. The first-order valence-corrected chi connectivity index (χ1v) is 11.9. The molecule has 0 saturated heterocycles. The first-order chi connectivity index (χ1) is 15.1. The number of anilines is 2. The highest BCUT2D eigenvalue weighted by Crippen LogP contribution is 2.31.